The lowest BCUT2D eigenvalue weighted by Gasteiger charge is -2.21. The summed E-state index contributed by atoms with van der Waals surface area (Å²) in [7, 11) is 0. The number of aryl methyl sites for hydroxylation is 3. The Morgan fingerprint density at radius 3 is 2.18 bits per heavy atom. The van der Waals surface area contributed by atoms with Crippen molar-refractivity contribution in [3.8, 4) is 5.75 Å². The zero-order chi connectivity index (χ0) is 20.8. The Labute approximate surface area is 175 Å². The van der Waals surface area contributed by atoms with Crippen molar-refractivity contribution < 1.29 is 14.3 Å². The van der Waals surface area contributed by atoms with Crippen LogP contribution in [-0.2, 0) is 9.59 Å². The molecule has 0 saturated carbocycles. The highest BCUT2D eigenvalue weighted by Crippen LogP contribution is 2.29. The summed E-state index contributed by atoms with van der Waals surface area (Å²) in [5, 5.41) is 3.33. The average molecular weight is 423 g/mol. The fraction of sp³-hybridized carbons (Fsp3) is 0.333. The van der Waals surface area contributed by atoms with Crippen LogP contribution in [0.2, 0.25) is 10.0 Å². The molecule has 2 amide bonds. The molecule has 0 aromatic heterocycles. The van der Waals surface area contributed by atoms with Gasteiger partial charge in [-0.1, -0.05) is 47.0 Å². The number of likely N-dealkylation sites (N-methyl/N-ethyl adjacent to an activating group) is 1. The minimum atomic E-state index is -0.382. The van der Waals surface area contributed by atoms with E-state index in [0.717, 1.165) is 16.7 Å². The number of anilines is 1. The lowest BCUT2D eigenvalue weighted by Crippen LogP contribution is -2.40. The quantitative estimate of drug-likeness (QED) is 0.697. The van der Waals surface area contributed by atoms with Crippen molar-refractivity contribution in [3.05, 3.63) is 57.1 Å². The Hall–Kier alpha value is -2.24. The molecule has 2 aromatic rings. The van der Waals surface area contributed by atoms with Gasteiger partial charge in [-0.25, -0.2) is 0 Å². The number of ether oxygens (including phenoxy) is 1. The Balaban J connectivity index is 1.99. The van der Waals surface area contributed by atoms with Gasteiger partial charge in [-0.05, 0) is 51.0 Å². The molecule has 0 heterocycles. The van der Waals surface area contributed by atoms with E-state index >= 15 is 0 Å². The van der Waals surface area contributed by atoms with Crippen molar-refractivity contribution in [2.75, 3.05) is 25.0 Å². The molecule has 28 heavy (non-hydrogen) atoms. The fourth-order valence-electron chi connectivity index (χ4n) is 2.97. The summed E-state index contributed by atoms with van der Waals surface area (Å²) >= 11 is 12.1. The summed E-state index contributed by atoms with van der Waals surface area (Å²) in [6.45, 7) is 7.81. The average Bonchev–Trinajstić information content (AvgIpc) is 2.61. The van der Waals surface area contributed by atoms with Crippen LogP contribution in [0.15, 0.2) is 30.3 Å². The maximum absolute atomic E-state index is 12.5. The number of amides is 2. The molecule has 1 N–H and O–H groups in total. The van der Waals surface area contributed by atoms with Crippen molar-refractivity contribution >= 4 is 40.7 Å². The smallest absolute Gasteiger partial charge is 0.260 e. The highest BCUT2D eigenvalue weighted by atomic mass is 35.5. The Kier molecular flexibility index (Phi) is 7.72. The number of carbonyl (C=O) groups excluding carboxylic acids is 2. The molecular formula is C21H24Cl2N2O3. The summed E-state index contributed by atoms with van der Waals surface area (Å²) in [4.78, 5) is 26.3. The third-order valence-electron chi connectivity index (χ3n) is 4.24. The SMILES string of the molecule is CCN(CC(=O)Nc1c(Cl)cccc1Cl)C(=O)COc1c(C)cc(C)cc1C. The molecule has 0 radical (unpaired) electrons. The number of nitrogens with one attached hydrogen (secondary N) is 1. The van der Waals surface area contributed by atoms with E-state index in [2.05, 4.69) is 5.32 Å². The predicted octanol–water partition coefficient (Wildman–Crippen LogP) is 4.78. The van der Waals surface area contributed by atoms with Crippen LogP contribution in [0.1, 0.15) is 23.6 Å². The van der Waals surface area contributed by atoms with Crippen LogP contribution in [0.4, 0.5) is 5.69 Å². The maximum Gasteiger partial charge on any atom is 0.260 e. The van der Waals surface area contributed by atoms with Gasteiger partial charge in [0.1, 0.15) is 5.75 Å². The molecule has 150 valence electrons. The van der Waals surface area contributed by atoms with Crippen LogP contribution in [-0.4, -0.2) is 36.4 Å². The number of carbonyl (C=O) groups is 2. The largest absolute Gasteiger partial charge is 0.483 e. The zero-order valence-electron chi connectivity index (χ0n) is 16.4. The van der Waals surface area contributed by atoms with Gasteiger partial charge in [-0.15, -0.1) is 0 Å². The summed E-state index contributed by atoms with van der Waals surface area (Å²) in [6.07, 6.45) is 0. The van der Waals surface area contributed by atoms with Gasteiger partial charge in [-0.2, -0.15) is 0 Å². The molecule has 2 aromatic carbocycles. The van der Waals surface area contributed by atoms with Crippen molar-refractivity contribution in [1.82, 2.24) is 4.90 Å². The molecule has 0 fully saturated rings. The third-order valence-corrected chi connectivity index (χ3v) is 4.87. The van der Waals surface area contributed by atoms with Gasteiger partial charge in [0.2, 0.25) is 5.91 Å². The fourth-order valence-corrected chi connectivity index (χ4v) is 3.46. The highest BCUT2D eigenvalue weighted by molar-refractivity contribution is 6.39. The van der Waals surface area contributed by atoms with Gasteiger partial charge in [0.05, 0.1) is 22.3 Å². The van der Waals surface area contributed by atoms with E-state index in [1.165, 1.54) is 4.90 Å². The maximum atomic E-state index is 12.5. The number of rotatable bonds is 7. The molecule has 0 aliphatic heterocycles. The van der Waals surface area contributed by atoms with Crippen molar-refractivity contribution in [1.29, 1.82) is 0 Å². The molecule has 0 aliphatic rings. The first kappa shape index (κ1) is 22.1. The molecule has 0 aliphatic carbocycles. The lowest BCUT2D eigenvalue weighted by molar-refractivity contribution is -0.136. The molecule has 7 heteroatoms. The number of para-hydroxylation sites is 1. The topological polar surface area (TPSA) is 58.6 Å². The second-order valence-electron chi connectivity index (χ2n) is 6.57. The van der Waals surface area contributed by atoms with E-state index in [0.29, 0.717) is 28.0 Å². The number of benzene rings is 2. The Morgan fingerprint density at radius 1 is 1.07 bits per heavy atom. The molecule has 0 atom stereocenters. The Bertz CT molecular complexity index is 841. The molecule has 0 bridgehead atoms. The van der Waals surface area contributed by atoms with Gasteiger partial charge < -0.3 is 15.0 Å². The normalized spacial score (nSPS) is 10.5. The molecule has 0 saturated heterocycles. The molecular weight excluding hydrogens is 399 g/mol. The summed E-state index contributed by atoms with van der Waals surface area (Å²) in [6, 6.07) is 8.96. The lowest BCUT2D eigenvalue weighted by atomic mass is 10.1. The molecule has 5 nitrogen and oxygen atoms in total. The number of halogens is 2. The van der Waals surface area contributed by atoms with Crippen molar-refractivity contribution in [2.45, 2.75) is 27.7 Å². The highest BCUT2D eigenvalue weighted by Gasteiger charge is 2.18. The van der Waals surface area contributed by atoms with Gasteiger partial charge in [0.25, 0.3) is 5.91 Å². The van der Waals surface area contributed by atoms with Crippen LogP contribution in [0.3, 0.4) is 0 Å². The van der Waals surface area contributed by atoms with E-state index in [9.17, 15) is 9.59 Å². The second-order valence-corrected chi connectivity index (χ2v) is 7.38. The summed E-state index contributed by atoms with van der Waals surface area (Å²) in [5.41, 5.74) is 3.42. The standard InChI is InChI=1S/C21H24Cl2N2O3/c1-5-25(11-18(26)24-20-16(22)7-6-8-17(20)23)19(27)12-28-21-14(3)9-13(2)10-15(21)4/h6-10H,5,11-12H2,1-4H3,(H,24,26). The number of hydrogen-bond acceptors (Lipinski definition) is 3. The minimum absolute atomic E-state index is 0.119. The molecule has 0 spiro atoms. The molecule has 2 rings (SSSR count). The van der Waals surface area contributed by atoms with Gasteiger partial charge in [-0.3, -0.25) is 9.59 Å². The van der Waals surface area contributed by atoms with Crippen LogP contribution < -0.4 is 10.1 Å². The van der Waals surface area contributed by atoms with Crippen LogP contribution in [0.25, 0.3) is 0 Å². The van der Waals surface area contributed by atoms with Crippen LogP contribution in [0.5, 0.6) is 5.75 Å². The summed E-state index contributed by atoms with van der Waals surface area (Å²) in [5.74, 6) is 0.0393. The third kappa shape index (κ3) is 5.63. The van der Waals surface area contributed by atoms with Crippen molar-refractivity contribution in [3.63, 3.8) is 0 Å². The predicted molar refractivity (Wildman–Crippen MR) is 113 cm³/mol. The first-order valence-corrected chi connectivity index (χ1v) is 9.70. The second kappa shape index (κ2) is 9.80. The minimum Gasteiger partial charge on any atom is -0.483 e. The van der Waals surface area contributed by atoms with E-state index < -0.39 is 0 Å². The Morgan fingerprint density at radius 2 is 1.64 bits per heavy atom. The molecule has 0 unspecified atom stereocenters. The zero-order valence-corrected chi connectivity index (χ0v) is 17.9. The number of nitrogens with zero attached hydrogens (tertiary/aromatic N) is 1. The van der Waals surface area contributed by atoms with Crippen LogP contribution >= 0.6 is 23.2 Å². The first-order chi connectivity index (χ1) is 13.2. The van der Waals surface area contributed by atoms with Crippen molar-refractivity contribution in [2.24, 2.45) is 0 Å². The van der Waals surface area contributed by atoms with Crippen LogP contribution in [0, 0.1) is 20.8 Å². The first-order valence-electron chi connectivity index (χ1n) is 8.95. The van der Waals surface area contributed by atoms with E-state index in [1.54, 1.807) is 25.1 Å². The van der Waals surface area contributed by atoms with E-state index in [-0.39, 0.29) is 25.0 Å². The van der Waals surface area contributed by atoms with Gasteiger partial charge in [0, 0.05) is 6.54 Å². The van der Waals surface area contributed by atoms with E-state index in [1.807, 2.05) is 32.9 Å². The number of hydrogen-bond donors (Lipinski definition) is 1. The summed E-state index contributed by atoms with van der Waals surface area (Å²) < 4.78 is 5.74. The van der Waals surface area contributed by atoms with E-state index in [4.69, 9.17) is 27.9 Å². The van der Waals surface area contributed by atoms with Gasteiger partial charge in [0.15, 0.2) is 6.61 Å². The monoisotopic (exact) mass is 422 g/mol. The van der Waals surface area contributed by atoms with Gasteiger partial charge >= 0.3 is 0 Å².